The standard InChI is InChI=1S/C19H19Cl2NO4/c1-4-25-19(24)15-9-13(5-6-16(15)20)22-17(23)10-26-14-7-11(2)18(21)12(3)8-14/h5-9H,4,10H2,1-3H3,(H,22,23). The summed E-state index contributed by atoms with van der Waals surface area (Å²) in [7, 11) is 0. The van der Waals surface area contributed by atoms with Crippen molar-refractivity contribution >= 4 is 40.8 Å². The molecule has 0 aliphatic rings. The Morgan fingerprint density at radius 1 is 1.08 bits per heavy atom. The number of halogens is 2. The number of hydrogen-bond donors (Lipinski definition) is 1. The lowest BCUT2D eigenvalue weighted by atomic mass is 10.1. The summed E-state index contributed by atoms with van der Waals surface area (Å²) >= 11 is 12.1. The van der Waals surface area contributed by atoms with Crippen LogP contribution in [0.15, 0.2) is 30.3 Å². The van der Waals surface area contributed by atoms with Crippen LogP contribution in [-0.4, -0.2) is 25.1 Å². The van der Waals surface area contributed by atoms with Gasteiger partial charge in [0.2, 0.25) is 0 Å². The molecule has 26 heavy (non-hydrogen) atoms. The minimum absolute atomic E-state index is 0.183. The van der Waals surface area contributed by atoms with Gasteiger partial charge in [0.15, 0.2) is 6.61 Å². The largest absolute Gasteiger partial charge is 0.484 e. The Hall–Kier alpha value is -2.24. The third kappa shape index (κ3) is 5.13. The van der Waals surface area contributed by atoms with E-state index < -0.39 is 5.97 Å². The van der Waals surface area contributed by atoms with Crippen LogP contribution < -0.4 is 10.1 Å². The fourth-order valence-corrected chi connectivity index (χ4v) is 2.61. The Bertz CT molecular complexity index is 813. The second-order valence-corrected chi connectivity index (χ2v) is 6.41. The minimum atomic E-state index is -0.544. The summed E-state index contributed by atoms with van der Waals surface area (Å²) in [5.74, 6) is -0.354. The fourth-order valence-electron chi connectivity index (χ4n) is 2.30. The monoisotopic (exact) mass is 395 g/mol. The van der Waals surface area contributed by atoms with Gasteiger partial charge in [-0.2, -0.15) is 0 Å². The van der Waals surface area contributed by atoms with Crippen molar-refractivity contribution in [1.29, 1.82) is 0 Å². The van der Waals surface area contributed by atoms with Gasteiger partial charge in [0.05, 0.1) is 17.2 Å². The summed E-state index contributed by atoms with van der Waals surface area (Å²) in [6.45, 7) is 5.49. The molecule has 0 radical (unpaired) electrons. The van der Waals surface area contributed by atoms with Crippen LogP contribution in [0.1, 0.15) is 28.4 Å². The van der Waals surface area contributed by atoms with E-state index in [2.05, 4.69) is 5.32 Å². The zero-order valence-electron chi connectivity index (χ0n) is 14.7. The molecule has 0 fully saturated rings. The van der Waals surface area contributed by atoms with Crippen LogP contribution in [0.25, 0.3) is 0 Å². The molecule has 0 aliphatic carbocycles. The molecule has 0 unspecified atom stereocenters. The molecule has 0 heterocycles. The predicted octanol–water partition coefficient (Wildman–Crippen LogP) is 4.80. The number of nitrogens with one attached hydrogen (secondary N) is 1. The van der Waals surface area contributed by atoms with Crippen LogP contribution in [-0.2, 0) is 9.53 Å². The maximum Gasteiger partial charge on any atom is 0.339 e. The van der Waals surface area contributed by atoms with Crippen LogP contribution in [0.3, 0.4) is 0 Å². The predicted molar refractivity (Wildman–Crippen MR) is 102 cm³/mol. The van der Waals surface area contributed by atoms with Crippen molar-refractivity contribution in [3.8, 4) is 5.75 Å². The van der Waals surface area contributed by atoms with Gasteiger partial charge in [-0.25, -0.2) is 4.79 Å². The molecule has 0 saturated heterocycles. The first-order chi connectivity index (χ1) is 12.3. The number of amides is 1. The molecular formula is C19H19Cl2NO4. The molecule has 138 valence electrons. The number of aryl methyl sites for hydroxylation is 2. The van der Waals surface area contributed by atoms with Gasteiger partial charge in [-0.1, -0.05) is 23.2 Å². The molecule has 0 bridgehead atoms. The van der Waals surface area contributed by atoms with Gasteiger partial charge < -0.3 is 14.8 Å². The third-order valence-electron chi connectivity index (χ3n) is 3.53. The van der Waals surface area contributed by atoms with E-state index >= 15 is 0 Å². The van der Waals surface area contributed by atoms with Crippen molar-refractivity contribution in [2.75, 3.05) is 18.5 Å². The highest BCUT2D eigenvalue weighted by molar-refractivity contribution is 6.33. The van der Waals surface area contributed by atoms with E-state index in [0.29, 0.717) is 16.5 Å². The second-order valence-electron chi connectivity index (χ2n) is 5.62. The highest BCUT2D eigenvalue weighted by Crippen LogP contribution is 2.26. The lowest BCUT2D eigenvalue weighted by Gasteiger charge is -2.11. The summed E-state index contributed by atoms with van der Waals surface area (Å²) in [4.78, 5) is 24.0. The average Bonchev–Trinajstić information content (AvgIpc) is 2.59. The van der Waals surface area contributed by atoms with Gasteiger partial charge in [-0.15, -0.1) is 0 Å². The minimum Gasteiger partial charge on any atom is -0.484 e. The molecule has 2 rings (SSSR count). The molecule has 0 aromatic heterocycles. The number of hydrogen-bond acceptors (Lipinski definition) is 4. The molecule has 0 spiro atoms. The van der Waals surface area contributed by atoms with Gasteiger partial charge in [-0.05, 0) is 62.2 Å². The molecule has 7 heteroatoms. The maximum absolute atomic E-state index is 12.1. The summed E-state index contributed by atoms with van der Waals surface area (Å²) in [6.07, 6.45) is 0. The Morgan fingerprint density at radius 3 is 2.35 bits per heavy atom. The summed E-state index contributed by atoms with van der Waals surface area (Å²) in [5.41, 5.74) is 2.36. The molecule has 5 nitrogen and oxygen atoms in total. The Balaban J connectivity index is 2.02. The SMILES string of the molecule is CCOC(=O)c1cc(NC(=O)COc2cc(C)c(Cl)c(C)c2)ccc1Cl. The van der Waals surface area contributed by atoms with E-state index in [9.17, 15) is 9.59 Å². The smallest absolute Gasteiger partial charge is 0.339 e. The molecule has 0 saturated carbocycles. The zero-order valence-corrected chi connectivity index (χ0v) is 16.2. The van der Waals surface area contributed by atoms with Gasteiger partial charge in [0.25, 0.3) is 5.91 Å². The Kier molecular flexibility index (Phi) is 6.89. The van der Waals surface area contributed by atoms with Crippen LogP contribution in [0.5, 0.6) is 5.75 Å². The van der Waals surface area contributed by atoms with Gasteiger partial charge in [0.1, 0.15) is 5.75 Å². The van der Waals surface area contributed by atoms with E-state index in [1.165, 1.54) is 12.1 Å². The number of carbonyl (C=O) groups is 2. The number of rotatable bonds is 6. The number of esters is 1. The van der Waals surface area contributed by atoms with Crippen molar-refractivity contribution in [3.05, 3.63) is 57.1 Å². The normalized spacial score (nSPS) is 10.3. The van der Waals surface area contributed by atoms with Gasteiger partial charge >= 0.3 is 5.97 Å². The average molecular weight is 396 g/mol. The van der Waals surface area contributed by atoms with Crippen LogP contribution in [0.4, 0.5) is 5.69 Å². The first-order valence-electron chi connectivity index (χ1n) is 7.98. The summed E-state index contributed by atoms with van der Waals surface area (Å²) in [5, 5.41) is 3.59. The molecule has 2 aromatic rings. The van der Waals surface area contributed by atoms with E-state index in [1.807, 2.05) is 13.8 Å². The molecular weight excluding hydrogens is 377 g/mol. The topological polar surface area (TPSA) is 64.6 Å². The number of carbonyl (C=O) groups excluding carboxylic acids is 2. The molecule has 0 aliphatic heterocycles. The summed E-state index contributed by atoms with van der Waals surface area (Å²) in [6, 6.07) is 8.12. The van der Waals surface area contributed by atoms with E-state index in [1.54, 1.807) is 25.1 Å². The quantitative estimate of drug-likeness (QED) is 0.713. The highest BCUT2D eigenvalue weighted by Gasteiger charge is 2.13. The molecule has 2 aromatic carbocycles. The maximum atomic E-state index is 12.1. The number of benzene rings is 2. The molecule has 1 amide bonds. The van der Waals surface area contributed by atoms with Crippen LogP contribution >= 0.6 is 23.2 Å². The van der Waals surface area contributed by atoms with Crippen LogP contribution in [0, 0.1) is 13.8 Å². The number of ether oxygens (including phenoxy) is 2. The van der Waals surface area contributed by atoms with Gasteiger partial charge in [-0.3, -0.25) is 4.79 Å². The highest BCUT2D eigenvalue weighted by atomic mass is 35.5. The van der Waals surface area contributed by atoms with E-state index in [0.717, 1.165) is 11.1 Å². The first-order valence-corrected chi connectivity index (χ1v) is 8.73. The van der Waals surface area contributed by atoms with E-state index in [4.69, 9.17) is 32.7 Å². The lowest BCUT2D eigenvalue weighted by Crippen LogP contribution is -2.20. The van der Waals surface area contributed by atoms with Crippen molar-refractivity contribution in [2.45, 2.75) is 20.8 Å². The summed E-state index contributed by atoms with van der Waals surface area (Å²) < 4.78 is 10.4. The number of anilines is 1. The van der Waals surface area contributed by atoms with Crippen molar-refractivity contribution in [1.82, 2.24) is 0 Å². The lowest BCUT2D eigenvalue weighted by molar-refractivity contribution is -0.118. The Morgan fingerprint density at radius 2 is 1.73 bits per heavy atom. The fraction of sp³-hybridized carbons (Fsp3) is 0.263. The second kappa shape index (κ2) is 8.92. The van der Waals surface area contributed by atoms with Crippen molar-refractivity contribution in [2.24, 2.45) is 0 Å². The Labute approximate surface area is 162 Å². The molecule has 1 N–H and O–H groups in total. The van der Waals surface area contributed by atoms with E-state index in [-0.39, 0.29) is 29.7 Å². The first kappa shape index (κ1) is 20.1. The van der Waals surface area contributed by atoms with Crippen molar-refractivity contribution < 1.29 is 19.1 Å². The van der Waals surface area contributed by atoms with Crippen LogP contribution in [0.2, 0.25) is 10.0 Å². The third-order valence-corrected chi connectivity index (χ3v) is 4.45. The van der Waals surface area contributed by atoms with Gasteiger partial charge in [0, 0.05) is 10.7 Å². The van der Waals surface area contributed by atoms with Crippen molar-refractivity contribution in [3.63, 3.8) is 0 Å². The zero-order chi connectivity index (χ0) is 19.3. The molecule has 0 atom stereocenters.